The van der Waals surface area contributed by atoms with Gasteiger partial charge in [0.1, 0.15) is 0 Å². The van der Waals surface area contributed by atoms with Gasteiger partial charge in [-0.3, -0.25) is 14.4 Å². The normalized spacial score (nSPS) is 12.6. The summed E-state index contributed by atoms with van der Waals surface area (Å²) in [5.74, 6) is -1.42. The first-order chi connectivity index (χ1) is 16.0. The molecule has 0 bridgehead atoms. The van der Waals surface area contributed by atoms with Crippen LogP contribution < -0.4 is 4.90 Å². The molecule has 2 amide bonds. The second-order valence-electron chi connectivity index (χ2n) is 7.27. The van der Waals surface area contributed by atoms with E-state index < -0.39 is 18.5 Å². The number of carbonyl (C=O) groups is 3. The zero-order valence-corrected chi connectivity index (χ0v) is 18.7. The summed E-state index contributed by atoms with van der Waals surface area (Å²) in [4.78, 5) is 38.4. The Balaban J connectivity index is 1.48. The van der Waals surface area contributed by atoms with Crippen molar-refractivity contribution in [3.8, 4) is 6.07 Å². The van der Waals surface area contributed by atoms with Crippen molar-refractivity contribution in [3.63, 3.8) is 0 Å². The van der Waals surface area contributed by atoms with Crippen molar-refractivity contribution in [1.29, 1.82) is 5.26 Å². The predicted octanol–water partition coefficient (Wildman–Crippen LogP) is 3.55. The topological polar surface area (TPSA) is 103 Å². The van der Waals surface area contributed by atoms with Gasteiger partial charge in [-0.15, -0.1) is 0 Å². The van der Waals surface area contributed by atoms with Crippen LogP contribution in [0.2, 0.25) is 5.02 Å². The van der Waals surface area contributed by atoms with Gasteiger partial charge in [-0.25, -0.2) is 5.01 Å². The molecule has 0 aliphatic carbocycles. The fourth-order valence-electron chi connectivity index (χ4n) is 3.30. The molecule has 0 saturated carbocycles. The van der Waals surface area contributed by atoms with Crippen LogP contribution in [0.5, 0.6) is 0 Å². The van der Waals surface area contributed by atoms with E-state index in [9.17, 15) is 14.4 Å². The van der Waals surface area contributed by atoms with Gasteiger partial charge in [-0.05, 0) is 23.8 Å². The van der Waals surface area contributed by atoms with Crippen LogP contribution in [0.15, 0.2) is 59.7 Å². The van der Waals surface area contributed by atoms with Gasteiger partial charge in [0.2, 0.25) is 5.91 Å². The van der Waals surface area contributed by atoms with Crippen LogP contribution in [0, 0.1) is 11.3 Å². The van der Waals surface area contributed by atoms with E-state index in [0.29, 0.717) is 23.7 Å². The molecule has 0 fully saturated rings. The lowest BCUT2D eigenvalue weighted by molar-refractivity contribution is -0.149. The number of hydrogen-bond acceptors (Lipinski definition) is 6. The Kier molecular flexibility index (Phi) is 8.56. The molecule has 1 aliphatic heterocycles. The third kappa shape index (κ3) is 6.89. The summed E-state index contributed by atoms with van der Waals surface area (Å²) in [6.07, 6.45) is 0.540. The molecule has 2 aromatic rings. The Hall–Kier alpha value is -3.70. The first-order valence-electron chi connectivity index (χ1n) is 10.5. The van der Waals surface area contributed by atoms with Gasteiger partial charge in [0.15, 0.2) is 6.61 Å². The molecule has 1 aliphatic rings. The second-order valence-corrected chi connectivity index (χ2v) is 7.71. The summed E-state index contributed by atoms with van der Waals surface area (Å²) in [7, 11) is 0. The lowest BCUT2D eigenvalue weighted by Crippen LogP contribution is -2.35. The Morgan fingerprint density at radius 3 is 2.64 bits per heavy atom. The van der Waals surface area contributed by atoms with E-state index in [0.717, 1.165) is 11.3 Å². The molecule has 0 aromatic heterocycles. The van der Waals surface area contributed by atoms with E-state index in [-0.39, 0.29) is 31.7 Å². The van der Waals surface area contributed by atoms with Gasteiger partial charge in [-0.1, -0.05) is 48.0 Å². The second kappa shape index (κ2) is 11.8. The lowest BCUT2D eigenvalue weighted by atomic mass is 10.1. The molecule has 0 saturated heterocycles. The van der Waals surface area contributed by atoms with Gasteiger partial charge < -0.3 is 9.64 Å². The van der Waals surface area contributed by atoms with Gasteiger partial charge >= 0.3 is 5.97 Å². The molecule has 2 aromatic carbocycles. The highest BCUT2D eigenvalue weighted by Crippen LogP contribution is 2.20. The maximum absolute atomic E-state index is 12.6. The van der Waals surface area contributed by atoms with Crippen molar-refractivity contribution in [2.45, 2.75) is 25.7 Å². The zero-order valence-electron chi connectivity index (χ0n) is 17.9. The molecule has 0 unspecified atom stereocenters. The van der Waals surface area contributed by atoms with Crippen molar-refractivity contribution >= 4 is 40.8 Å². The predicted molar refractivity (Wildman–Crippen MR) is 124 cm³/mol. The zero-order chi connectivity index (χ0) is 23.6. The number of hydrogen-bond donors (Lipinski definition) is 0. The molecule has 0 radical (unpaired) electrons. The standard InChI is InChI=1S/C24H23ClN4O4/c25-19-8-4-9-20(16-19)28(14-5-13-26)23(31)17-33-24(32)11-10-22(30)29-15-12-21(27-29)18-6-2-1-3-7-18/h1-4,6-9,16H,5,10-12,14-15,17H2. The lowest BCUT2D eigenvalue weighted by Gasteiger charge is -2.21. The number of ether oxygens (including phenoxy) is 1. The number of rotatable bonds is 9. The highest BCUT2D eigenvalue weighted by molar-refractivity contribution is 6.30. The molecule has 0 spiro atoms. The number of benzene rings is 2. The fourth-order valence-corrected chi connectivity index (χ4v) is 3.49. The van der Waals surface area contributed by atoms with Crippen molar-refractivity contribution in [1.82, 2.24) is 5.01 Å². The first kappa shape index (κ1) is 24.0. The molecule has 1 heterocycles. The van der Waals surface area contributed by atoms with Crippen LogP contribution in [0.1, 0.15) is 31.2 Å². The van der Waals surface area contributed by atoms with E-state index in [1.807, 2.05) is 36.4 Å². The number of hydrazone groups is 1. The monoisotopic (exact) mass is 466 g/mol. The van der Waals surface area contributed by atoms with Gasteiger partial charge in [-0.2, -0.15) is 10.4 Å². The number of nitrogens with zero attached hydrogens (tertiary/aromatic N) is 4. The number of amides is 2. The number of nitriles is 1. The van der Waals surface area contributed by atoms with E-state index in [4.69, 9.17) is 21.6 Å². The van der Waals surface area contributed by atoms with E-state index in [1.165, 1.54) is 9.91 Å². The Morgan fingerprint density at radius 2 is 1.91 bits per heavy atom. The highest BCUT2D eigenvalue weighted by Gasteiger charge is 2.23. The average molecular weight is 467 g/mol. The maximum Gasteiger partial charge on any atom is 0.306 e. The smallest absolute Gasteiger partial charge is 0.306 e. The first-order valence-corrected chi connectivity index (χ1v) is 10.9. The van der Waals surface area contributed by atoms with E-state index in [1.54, 1.807) is 24.3 Å². The van der Waals surface area contributed by atoms with Crippen LogP contribution in [0.25, 0.3) is 0 Å². The third-order valence-corrected chi connectivity index (χ3v) is 5.20. The van der Waals surface area contributed by atoms with Crippen LogP contribution >= 0.6 is 11.6 Å². The van der Waals surface area contributed by atoms with Crippen LogP contribution in [0.3, 0.4) is 0 Å². The average Bonchev–Trinajstić information content (AvgIpc) is 3.32. The van der Waals surface area contributed by atoms with Gasteiger partial charge in [0, 0.05) is 30.1 Å². The summed E-state index contributed by atoms with van der Waals surface area (Å²) >= 11 is 5.99. The van der Waals surface area contributed by atoms with E-state index >= 15 is 0 Å². The summed E-state index contributed by atoms with van der Waals surface area (Å²) in [5, 5.41) is 15.0. The van der Waals surface area contributed by atoms with E-state index in [2.05, 4.69) is 5.10 Å². The summed E-state index contributed by atoms with van der Waals surface area (Å²) in [6.45, 7) is 0.109. The van der Waals surface area contributed by atoms with Crippen LogP contribution in [-0.4, -0.2) is 48.2 Å². The molecule has 8 nitrogen and oxygen atoms in total. The third-order valence-electron chi connectivity index (χ3n) is 4.96. The molecule has 9 heteroatoms. The van der Waals surface area contributed by atoms with Crippen molar-refractivity contribution in [2.75, 3.05) is 24.6 Å². The molecule has 0 atom stereocenters. The van der Waals surface area contributed by atoms with Gasteiger partial charge in [0.25, 0.3) is 5.91 Å². The van der Waals surface area contributed by atoms with Crippen molar-refractivity contribution in [3.05, 3.63) is 65.2 Å². The van der Waals surface area contributed by atoms with Crippen molar-refractivity contribution in [2.24, 2.45) is 5.10 Å². The summed E-state index contributed by atoms with van der Waals surface area (Å²) in [5.41, 5.74) is 2.30. The van der Waals surface area contributed by atoms with Crippen molar-refractivity contribution < 1.29 is 19.1 Å². The summed E-state index contributed by atoms with van der Waals surface area (Å²) in [6, 6.07) is 18.2. The Bertz CT molecular complexity index is 1080. The molecule has 170 valence electrons. The fraction of sp³-hybridized carbons (Fsp3) is 0.292. The molecular formula is C24H23ClN4O4. The van der Waals surface area contributed by atoms with Gasteiger partial charge in [0.05, 0.1) is 31.2 Å². The maximum atomic E-state index is 12.6. The molecule has 0 N–H and O–H groups in total. The Morgan fingerprint density at radius 1 is 1.12 bits per heavy atom. The molecular weight excluding hydrogens is 444 g/mol. The summed E-state index contributed by atoms with van der Waals surface area (Å²) < 4.78 is 5.07. The minimum atomic E-state index is -0.658. The minimum absolute atomic E-state index is 0.0645. The quantitative estimate of drug-likeness (QED) is 0.526. The van der Waals surface area contributed by atoms with Crippen LogP contribution in [0.4, 0.5) is 5.69 Å². The highest BCUT2D eigenvalue weighted by atomic mass is 35.5. The number of esters is 1. The SMILES string of the molecule is N#CCCN(C(=O)COC(=O)CCC(=O)N1CCC(c2ccccc2)=N1)c1cccc(Cl)c1. The Labute approximate surface area is 197 Å². The number of carbonyl (C=O) groups excluding carboxylic acids is 3. The minimum Gasteiger partial charge on any atom is -0.456 e. The molecule has 33 heavy (non-hydrogen) atoms. The number of anilines is 1. The molecule has 3 rings (SSSR count). The van der Waals surface area contributed by atoms with Crippen LogP contribution in [-0.2, 0) is 19.1 Å². The largest absolute Gasteiger partial charge is 0.456 e. The number of halogens is 1.